The van der Waals surface area contributed by atoms with Gasteiger partial charge in [0.05, 0.1) is 28.4 Å². The number of methoxy groups -OCH3 is 1. The fraction of sp³-hybridized carbons (Fsp3) is 0.650. The van der Waals surface area contributed by atoms with Crippen LogP contribution in [0.5, 0.6) is 0 Å². The first-order valence-electron chi connectivity index (χ1n) is 9.81. The molecule has 3 rings (SSSR count). The second-order valence-corrected chi connectivity index (χ2v) is 8.04. The van der Waals surface area contributed by atoms with E-state index in [1.54, 1.807) is 7.11 Å². The fourth-order valence-electron chi connectivity index (χ4n) is 4.82. The van der Waals surface area contributed by atoms with Crippen LogP contribution in [0.2, 0.25) is 5.02 Å². The van der Waals surface area contributed by atoms with Crippen LogP contribution >= 0.6 is 11.6 Å². The van der Waals surface area contributed by atoms with Gasteiger partial charge in [-0.05, 0) is 69.3 Å². The Morgan fingerprint density at radius 3 is 2.63 bits per heavy atom. The van der Waals surface area contributed by atoms with Gasteiger partial charge < -0.3 is 21.3 Å². The van der Waals surface area contributed by atoms with Crippen molar-refractivity contribution in [1.29, 1.82) is 0 Å². The van der Waals surface area contributed by atoms with Crippen LogP contribution in [0.25, 0.3) is 0 Å². The minimum absolute atomic E-state index is 0.0409. The summed E-state index contributed by atoms with van der Waals surface area (Å²) in [6.07, 6.45) is 5.86. The molecule has 0 amide bonds. The minimum Gasteiger partial charge on any atom is -0.478 e. The highest BCUT2D eigenvalue weighted by Crippen LogP contribution is 2.49. The number of nitrogens with zero attached hydrogens (tertiary/aromatic N) is 1. The van der Waals surface area contributed by atoms with E-state index in [1.165, 1.54) is 12.5 Å². The Morgan fingerprint density at radius 2 is 2.04 bits per heavy atom. The summed E-state index contributed by atoms with van der Waals surface area (Å²) in [6.45, 7) is 2.50. The molecule has 7 heteroatoms. The number of halogens is 1. The molecule has 150 valence electrons. The summed E-state index contributed by atoms with van der Waals surface area (Å²) in [5.41, 5.74) is 14.6. The molecule has 1 aromatic rings. The molecule has 27 heavy (non-hydrogen) atoms. The fourth-order valence-corrected chi connectivity index (χ4v) is 5.03. The van der Waals surface area contributed by atoms with Crippen LogP contribution < -0.4 is 11.5 Å². The molecule has 0 saturated carbocycles. The van der Waals surface area contributed by atoms with Crippen molar-refractivity contribution in [3.05, 3.63) is 27.8 Å². The number of carbonyl (C=O) groups is 1. The highest BCUT2D eigenvalue weighted by Gasteiger charge is 2.42. The number of nitrogens with two attached hydrogens (primary N) is 2. The van der Waals surface area contributed by atoms with Gasteiger partial charge in [-0.15, -0.1) is 0 Å². The third-order valence-electron chi connectivity index (χ3n) is 6.05. The molecule has 0 aromatic heterocycles. The van der Waals surface area contributed by atoms with Gasteiger partial charge in [-0.3, -0.25) is 4.90 Å². The van der Waals surface area contributed by atoms with E-state index in [0.29, 0.717) is 17.3 Å². The molecule has 0 spiro atoms. The van der Waals surface area contributed by atoms with Crippen LogP contribution in [0.15, 0.2) is 6.07 Å². The van der Waals surface area contributed by atoms with Crippen molar-refractivity contribution in [2.75, 3.05) is 32.5 Å². The van der Waals surface area contributed by atoms with E-state index in [4.69, 9.17) is 27.8 Å². The summed E-state index contributed by atoms with van der Waals surface area (Å²) in [6, 6.07) is 1.45. The SMILES string of the molecule is COC1CC(CCCN)c2c(C(=O)O)cc(Cl)c(N)c2C1N1CCCCC1. The van der Waals surface area contributed by atoms with Crippen LogP contribution in [0.1, 0.15) is 72.0 Å². The zero-order chi connectivity index (χ0) is 19.6. The smallest absolute Gasteiger partial charge is 0.336 e. The van der Waals surface area contributed by atoms with Crippen molar-refractivity contribution in [3.8, 4) is 0 Å². The van der Waals surface area contributed by atoms with Crippen molar-refractivity contribution in [2.24, 2.45) is 5.73 Å². The lowest BCUT2D eigenvalue weighted by Gasteiger charge is -2.45. The number of carboxylic acid groups (broad SMARTS) is 1. The van der Waals surface area contributed by atoms with Crippen molar-refractivity contribution >= 4 is 23.3 Å². The molecule has 3 atom stereocenters. The largest absolute Gasteiger partial charge is 0.478 e. The Hall–Kier alpha value is -1.34. The number of piperidine rings is 1. The molecular weight excluding hydrogens is 366 g/mol. The highest BCUT2D eigenvalue weighted by atomic mass is 35.5. The van der Waals surface area contributed by atoms with Gasteiger partial charge in [0, 0.05) is 12.7 Å². The molecule has 6 nitrogen and oxygen atoms in total. The summed E-state index contributed by atoms with van der Waals surface area (Å²) >= 11 is 6.37. The molecule has 2 aliphatic rings. The maximum Gasteiger partial charge on any atom is 0.336 e. The Balaban J connectivity index is 2.18. The molecule has 5 N–H and O–H groups in total. The summed E-state index contributed by atoms with van der Waals surface area (Å²) in [7, 11) is 1.73. The Bertz CT molecular complexity index is 692. The quantitative estimate of drug-likeness (QED) is 0.638. The van der Waals surface area contributed by atoms with Crippen molar-refractivity contribution < 1.29 is 14.6 Å². The van der Waals surface area contributed by atoms with Crippen LogP contribution in [0.3, 0.4) is 0 Å². The van der Waals surface area contributed by atoms with Gasteiger partial charge in [-0.25, -0.2) is 4.79 Å². The molecule has 1 heterocycles. The third kappa shape index (κ3) is 3.94. The molecular formula is C20H30ClN3O3. The van der Waals surface area contributed by atoms with Gasteiger partial charge in [-0.2, -0.15) is 0 Å². The maximum absolute atomic E-state index is 12.0. The number of hydrogen-bond acceptors (Lipinski definition) is 5. The van der Waals surface area contributed by atoms with Gasteiger partial charge in [0.15, 0.2) is 0 Å². The van der Waals surface area contributed by atoms with Crippen molar-refractivity contribution in [1.82, 2.24) is 4.90 Å². The predicted octanol–water partition coefficient (Wildman–Crippen LogP) is 3.39. The molecule has 1 aliphatic heterocycles. The molecule has 3 unspecified atom stereocenters. The Kier molecular flexibility index (Phi) is 6.63. The van der Waals surface area contributed by atoms with E-state index in [1.807, 2.05) is 0 Å². The lowest BCUT2D eigenvalue weighted by atomic mass is 9.73. The van der Waals surface area contributed by atoms with Gasteiger partial charge in [0.25, 0.3) is 0 Å². The van der Waals surface area contributed by atoms with E-state index in [9.17, 15) is 9.90 Å². The third-order valence-corrected chi connectivity index (χ3v) is 6.36. The lowest BCUT2D eigenvalue weighted by molar-refractivity contribution is -0.0111. The zero-order valence-corrected chi connectivity index (χ0v) is 16.7. The molecule has 1 aliphatic carbocycles. The second-order valence-electron chi connectivity index (χ2n) is 7.63. The second kappa shape index (κ2) is 8.78. The number of likely N-dealkylation sites (tertiary alicyclic amines) is 1. The summed E-state index contributed by atoms with van der Waals surface area (Å²) < 4.78 is 5.90. The lowest BCUT2D eigenvalue weighted by Crippen LogP contribution is -2.44. The number of hydrogen-bond donors (Lipinski definition) is 3. The van der Waals surface area contributed by atoms with Gasteiger partial charge in [-0.1, -0.05) is 18.0 Å². The minimum atomic E-state index is -0.959. The molecule has 1 saturated heterocycles. The number of anilines is 1. The average Bonchev–Trinajstić information content (AvgIpc) is 2.68. The maximum atomic E-state index is 12.0. The highest BCUT2D eigenvalue weighted by molar-refractivity contribution is 6.33. The van der Waals surface area contributed by atoms with E-state index in [2.05, 4.69) is 4.90 Å². The standard InChI is InChI=1S/C20H30ClN3O3/c1-27-15-10-12(6-5-7-22)16-13(20(25)26)11-14(21)18(23)17(16)19(15)24-8-3-2-4-9-24/h11-12,15,19H,2-10,22-23H2,1H3,(H,25,26). The monoisotopic (exact) mass is 395 g/mol. The first-order valence-corrected chi connectivity index (χ1v) is 10.2. The molecule has 0 radical (unpaired) electrons. The first kappa shape index (κ1) is 20.4. The number of nitrogen functional groups attached to an aromatic ring is 1. The van der Waals surface area contributed by atoms with Crippen molar-refractivity contribution in [3.63, 3.8) is 0 Å². The van der Waals surface area contributed by atoms with Gasteiger partial charge in [0.2, 0.25) is 0 Å². The number of aromatic carboxylic acids is 1. The zero-order valence-electron chi connectivity index (χ0n) is 15.9. The number of benzene rings is 1. The average molecular weight is 396 g/mol. The number of rotatable bonds is 6. The molecule has 0 bridgehead atoms. The molecule has 1 aromatic carbocycles. The summed E-state index contributed by atoms with van der Waals surface area (Å²) in [5, 5.41) is 10.2. The summed E-state index contributed by atoms with van der Waals surface area (Å²) in [4.78, 5) is 14.4. The van der Waals surface area contributed by atoms with Crippen LogP contribution in [0, 0.1) is 0 Å². The predicted molar refractivity (Wildman–Crippen MR) is 107 cm³/mol. The topological polar surface area (TPSA) is 102 Å². The molecule has 1 fully saturated rings. The van der Waals surface area contributed by atoms with Crippen molar-refractivity contribution in [2.45, 2.75) is 56.6 Å². The first-order chi connectivity index (χ1) is 13.0. The Morgan fingerprint density at radius 1 is 1.33 bits per heavy atom. The Labute approximate surface area is 165 Å². The van der Waals surface area contributed by atoms with Crippen LogP contribution in [0.4, 0.5) is 5.69 Å². The van der Waals surface area contributed by atoms with Crippen LogP contribution in [-0.4, -0.2) is 48.8 Å². The van der Waals surface area contributed by atoms with E-state index in [0.717, 1.165) is 56.3 Å². The van der Waals surface area contributed by atoms with Crippen LogP contribution in [-0.2, 0) is 4.74 Å². The summed E-state index contributed by atoms with van der Waals surface area (Å²) in [5.74, 6) is -0.903. The van der Waals surface area contributed by atoms with Gasteiger partial charge in [0.1, 0.15) is 0 Å². The number of ether oxygens (including phenoxy) is 1. The van der Waals surface area contributed by atoms with E-state index in [-0.39, 0.29) is 23.6 Å². The number of carboxylic acids is 1. The van der Waals surface area contributed by atoms with Gasteiger partial charge >= 0.3 is 5.97 Å². The normalized spacial score (nSPS) is 26.0. The van der Waals surface area contributed by atoms with E-state index < -0.39 is 5.97 Å². The number of fused-ring (bicyclic) bond motifs is 1. The van der Waals surface area contributed by atoms with E-state index >= 15 is 0 Å².